The average molecular weight is 450 g/mol. The Morgan fingerprint density at radius 1 is 0.800 bits per heavy atom. The first-order chi connectivity index (χ1) is 14.3. The van der Waals surface area contributed by atoms with Crippen LogP contribution in [-0.4, -0.2) is 16.5 Å². The van der Waals surface area contributed by atoms with Gasteiger partial charge in [0.2, 0.25) is 4.20 Å². The molecule has 0 aliphatic heterocycles. The minimum atomic E-state index is -4.79. The molecule has 0 bridgehead atoms. The van der Waals surface area contributed by atoms with Crippen molar-refractivity contribution in [3.63, 3.8) is 0 Å². The molecule has 1 N–H and O–H groups in total. The highest BCUT2D eigenvalue weighted by atomic mass is 32.2. The number of carbonyl (C=O) groups excluding carboxylic acids is 1. The van der Waals surface area contributed by atoms with Gasteiger partial charge >= 0.3 is 12.3 Å². The zero-order valence-corrected chi connectivity index (χ0v) is 17.5. The summed E-state index contributed by atoms with van der Waals surface area (Å²) < 4.78 is 45.6. The number of hydrogen-bond acceptors (Lipinski definition) is 4. The quantitative estimate of drug-likeness (QED) is 0.329. The number of carbonyl (C=O) groups is 1. The van der Waals surface area contributed by atoms with Crippen molar-refractivity contribution in [2.75, 3.05) is 0 Å². The Bertz CT molecular complexity index is 924. The van der Waals surface area contributed by atoms with E-state index < -0.39 is 16.5 Å². The SMILES string of the molecule is Cc1ccc(OC(=O)NC(Sc2ccccc2)(Sc2ccccc2)C(F)(F)F)cc1. The summed E-state index contributed by atoms with van der Waals surface area (Å²) in [6, 6.07) is 22.7. The van der Waals surface area contributed by atoms with Crippen LogP contribution in [0.2, 0.25) is 0 Å². The summed E-state index contributed by atoms with van der Waals surface area (Å²) in [6.45, 7) is 1.85. The maximum atomic E-state index is 14.4. The van der Waals surface area contributed by atoms with Gasteiger partial charge in [-0.2, -0.15) is 13.2 Å². The molecule has 0 radical (unpaired) electrons. The molecule has 8 heteroatoms. The van der Waals surface area contributed by atoms with E-state index in [0.717, 1.165) is 5.56 Å². The lowest BCUT2D eigenvalue weighted by atomic mass is 10.2. The van der Waals surface area contributed by atoms with Crippen LogP contribution in [0.3, 0.4) is 0 Å². The molecule has 156 valence electrons. The first-order valence-electron chi connectivity index (χ1n) is 8.89. The second-order valence-electron chi connectivity index (χ2n) is 6.27. The van der Waals surface area contributed by atoms with E-state index in [9.17, 15) is 18.0 Å². The Hall–Kier alpha value is -2.58. The van der Waals surface area contributed by atoms with E-state index in [0.29, 0.717) is 33.3 Å². The molecule has 0 atom stereocenters. The second kappa shape index (κ2) is 9.49. The highest BCUT2D eigenvalue weighted by molar-refractivity contribution is 8.18. The van der Waals surface area contributed by atoms with Crippen LogP contribution in [0.15, 0.2) is 94.7 Å². The van der Waals surface area contributed by atoms with Crippen molar-refractivity contribution >= 4 is 29.6 Å². The van der Waals surface area contributed by atoms with Gasteiger partial charge in [0.05, 0.1) is 0 Å². The molecule has 0 spiro atoms. The number of halogens is 3. The van der Waals surface area contributed by atoms with Gasteiger partial charge in [0.15, 0.2) is 0 Å². The van der Waals surface area contributed by atoms with Crippen molar-refractivity contribution < 1.29 is 22.7 Å². The zero-order chi connectivity index (χ0) is 21.6. The van der Waals surface area contributed by atoms with Crippen LogP contribution in [-0.2, 0) is 0 Å². The lowest BCUT2D eigenvalue weighted by Gasteiger charge is -2.34. The number of alkyl halides is 3. The second-order valence-corrected chi connectivity index (χ2v) is 9.11. The van der Waals surface area contributed by atoms with Gasteiger partial charge in [-0.05, 0) is 43.3 Å². The molecule has 0 fully saturated rings. The first-order valence-corrected chi connectivity index (χ1v) is 10.5. The Kier molecular flexibility index (Phi) is 6.99. The largest absolute Gasteiger partial charge is 0.431 e. The fourth-order valence-corrected chi connectivity index (χ4v) is 4.94. The number of aryl methyl sites for hydroxylation is 1. The van der Waals surface area contributed by atoms with Gasteiger partial charge < -0.3 is 4.74 Å². The topological polar surface area (TPSA) is 38.3 Å². The van der Waals surface area contributed by atoms with Crippen LogP contribution in [0, 0.1) is 6.92 Å². The van der Waals surface area contributed by atoms with Crippen LogP contribution in [0.5, 0.6) is 5.75 Å². The Balaban J connectivity index is 1.93. The molecule has 0 aliphatic carbocycles. The molecular weight excluding hydrogens is 431 g/mol. The summed E-state index contributed by atoms with van der Waals surface area (Å²) in [5.41, 5.74) is 0.937. The predicted molar refractivity (Wildman–Crippen MR) is 114 cm³/mol. The van der Waals surface area contributed by atoms with Crippen molar-refractivity contribution in [1.82, 2.24) is 5.32 Å². The molecule has 3 aromatic rings. The first kappa shape index (κ1) is 22.1. The minimum absolute atomic E-state index is 0.156. The summed E-state index contributed by atoms with van der Waals surface area (Å²) in [5.74, 6) is 0.156. The van der Waals surface area contributed by atoms with E-state index in [1.165, 1.54) is 12.1 Å². The van der Waals surface area contributed by atoms with E-state index in [4.69, 9.17) is 4.74 Å². The third-order valence-electron chi connectivity index (χ3n) is 3.88. The maximum absolute atomic E-state index is 14.4. The molecule has 0 unspecified atom stereocenters. The average Bonchev–Trinajstić information content (AvgIpc) is 2.70. The van der Waals surface area contributed by atoms with Crippen LogP contribution < -0.4 is 10.1 Å². The molecule has 0 heterocycles. The van der Waals surface area contributed by atoms with Gasteiger partial charge in [-0.25, -0.2) is 4.79 Å². The molecular formula is C22H18F3NO2S2. The standard InChI is InChI=1S/C22H18F3NO2S2/c1-16-12-14-17(15-13-16)28-20(27)26-22(21(23,24)25,29-18-8-4-2-5-9-18)30-19-10-6-3-7-11-19/h2-15H,1H3,(H,26,27). The van der Waals surface area contributed by atoms with E-state index in [2.05, 4.69) is 5.32 Å². The van der Waals surface area contributed by atoms with Gasteiger partial charge in [-0.3, -0.25) is 5.32 Å². The molecule has 30 heavy (non-hydrogen) atoms. The Morgan fingerprint density at radius 3 is 1.70 bits per heavy atom. The Morgan fingerprint density at radius 2 is 1.27 bits per heavy atom. The van der Waals surface area contributed by atoms with E-state index >= 15 is 0 Å². The molecule has 3 rings (SSSR count). The fourth-order valence-electron chi connectivity index (χ4n) is 2.44. The lowest BCUT2D eigenvalue weighted by Crippen LogP contribution is -2.54. The van der Waals surface area contributed by atoms with Crippen molar-refractivity contribution in [2.24, 2.45) is 0 Å². The van der Waals surface area contributed by atoms with E-state index in [1.807, 2.05) is 6.92 Å². The van der Waals surface area contributed by atoms with E-state index in [-0.39, 0.29) is 5.75 Å². The van der Waals surface area contributed by atoms with Gasteiger partial charge in [0.1, 0.15) is 5.75 Å². The number of rotatable bonds is 6. The predicted octanol–water partition coefficient (Wildman–Crippen LogP) is 6.88. The number of ether oxygens (including phenoxy) is 1. The van der Waals surface area contributed by atoms with Crippen molar-refractivity contribution in [3.8, 4) is 5.75 Å². The van der Waals surface area contributed by atoms with Crippen molar-refractivity contribution in [2.45, 2.75) is 27.1 Å². The lowest BCUT2D eigenvalue weighted by molar-refractivity contribution is -0.141. The van der Waals surface area contributed by atoms with Gasteiger partial charge in [0, 0.05) is 9.79 Å². The number of nitrogens with one attached hydrogen (secondary N) is 1. The zero-order valence-electron chi connectivity index (χ0n) is 15.8. The van der Waals surface area contributed by atoms with Gasteiger partial charge in [0.25, 0.3) is 0 Å². The van der Waals surface area contributed by atoms with Gasteiger partial charge in [-0.15, -0.1) is 0 Å². The third kappa shape index (κ3) is 5.73. The summed E-state index contributed by atoms with van der Waals surface area (Å²) in [7, 11) is 0. The van der Waals surface area contributed by atoms with Crippen LogP contribution >= 0.6 is 23.5 Å². The number of amides is 1. The smallest absolute Gasteiger partial charge is 0.410 e. The number of benzene rings is 3. The highest BCUT2D eigenvalue weighted by Crippen LogP contribution is 2.53. The number of thioether (sulfide) groups is 2. The molecule has 3 nitrogen and oxygen atoms in total. The normalized spacial score (nSPS) is 11.7. The molecule has 0 aliphatic rings. The summed E-state index contributed by atoms with van der Waals surface area (Å²) in [6.07, 6.45) is -5.98. The molecule has 0 saturated heterocycles. The third-order valence-corrected chi connectivity index (χ3v) is 6.64. The maximum Gasteiger partial charge on any atom is 0.431 e. The summed E-state index contributed by atoms with van der Waals surface area (Å²) >= 11 is 1.01. The molecule has 3 aromatic carbocycles. The summed E-state index contributed by atoms with van der Waals surface area (Å²) in [4.78, 5) is 13.2. The van der Waals surface area contributed by atoms with Crippen molar-refractivity contribution in [3.05, 3.63) is 90.5 Å². The van der Waals surface area contributed by atoms with Crippen LogP contribution in [0.4, 0.5) is 18.0 Å². The monoisotopic (exact) mass is 449 g/mol. The highest BCUT2D eigenvalue weighted by Gasteiger charge is 2.58. The van der Waals surface area contributed by atoms with Crippen molar-refractivity contribution in [1.29, 1.82) is 0 Å². The summed E-state index contributed by atoms with van der Waals surface area (Å²) in [5, 5.41) is 2.07. The minimum Gasteiger partial charge on any atom is -0.410 e. The van der Waals surface area contributed by atoms with Crippen LogP contribution in [0.25, 0.3) is 0 Å². The Labute approximate surface area is 181 Å². The van der Waals surface area contributed by atoms with Gasteiger partial charge in [-0.1, -0.05) is 77.6 Å². The van der Waals surface area contributed by atoms with Crippen LogP contribution in [0.1, 0.15) is 5.56 Å². The van der Waals surface area contributed by atoms with E-state index in [1.54, 1.807) is 72.8 Å². The fraction of sp³-hybridized carbons (Fsp3) is 0.136. The number of hydrogen-bond donors (Lipinski definition) is 1. The molecule has 1 amide bonds. The molecule has 0 aromatic heterocycles. The molecule has 0 saturated carbocycles.